The Bertz CT molecular complexity index is 918. The van der Waals surface area contributed by atoms with E-state index < -0.39 is 22.0 Å². The van der Waals surface area contributed by atoms with Crippen molar-refractivity contribution in [1.29, 1.82) is 0 Å². The van der Waals surface area contributed by atoms with Gasteiger partial charge < -0.3 is 4.74 Å². The Hall–Kier alpha value is -0.430. The Labute approximate surface area is 220 Å². The van der Waals surface area contributed by atoms with Crippen LogP contribution in [0.3, 0.4) is 0 Å². The Morgan fingerprint density at radius 3 is 1.54 bits per heavy atom. The van der Waals surface area contributed by atoms with Gasteiger partial charge in [0.25, 0.3) is 0 Å². The molecule has 8 aliphatic carbocycles. The summed E-state index contributed by atoms with van der Waals surface area (Å²) in [5.41, 5.74) is 0. The molecule has 4 nitrogen and oxygen atoms in total. The van der Waals surface area contributed by atoms with E-state index in [1.165, 1.54) is 38.5 Å². The Kier molecular flexibility index (Phi) is 5.96. The molecule has 0 saturated heterocycles. The number of rotatable bonds is 8. The van der Waals surface area contributed by atoms with E-state index in [4.69, 9.17) is 16.3 Å². The second-order valence-corrected chi connectivity index (χ2v) is 17.3. The quantitative estimate of drug-likeness (QED) is 0.393. The highest BCUT2D eigenvalue weighted by Gasteiger charge is 2.59. The molecule has 2 atom stereocenters. The van der Waals surface area contributed by atoms with E-state index in [0.29, 0.717) is 23.9 Å². The van der Waals surface area contributed by atoms with Crippen molar-refractivity contribution in [2.75, 3.05) is 13.2 Å². The minimum atomic E-state index is -1.25. The molecule has 7 heteroatoms. The first-order valence-electron chi connectivity index (χ1n) is 13.9. The summed E-state index contributed by atoms with van der Waals surface area (Å²) >= 11 is 6.33. The zero-order valence-corrected chi connectivity index (χ0v) is 22.9. The van der Waals surface area contributed by atoms with Crippen molar-refractivity contribution in [2.45, 2.75) is 86.5 Å². The highest BCUT2D eigenvalue weighted by molar-refractivity contribution is 7.99. The van der Waals surface area contributed by atoms with Crippen molar-refractivity contribution in [3.63, 3.8) is 0 Å². The van der Waals surface area contributed by atoms with Gasteiger partial charge in [-0.15, -0.1) is 3.71 Å². The van der Waals surface area contributed by atoms with Crippen molar-refractivity contribution < 1.29 is 13.2 Å². The van der Waals surface area contributed by atoms with Crippen molar-refractivity contribution in [3.8, 4) is 5.75 Å². The van der Waals surface area contributed by atoms with E-state index >= 15 is 0 Å². The van der Waals surface area contributed by atoms with Gasteiger partial charge in [0.05, 0.1) is 21.1 Å². The van der Waals surface area contributed by atoms with E-state index in [9.17, 15) is 8.42 Å². The van der Waals surface area contributed by atoms with Gasteiger partial charge >= 0.3 is 0 Å². The van der Waals surface area contributed by atoms with Crippen LogP contribution < -0.4 is 4.74 Å². The smallest absolute Gasteiger partial charge is 0.137 e. The molecule has 1 aromatic carbocycles. The van der Waals surface area contributed by atoms with Crippen molar-refractivity contribution >= 4 is 33.6 Å². The maximum absolute atomic E-state index is 14.6. The van der Waals surface area contributed by atoms with Crippen molar-refractivity contribution in [3.05, 3.63) is 29.3 Å². The molecular formula is C28H38ClNO3S2. The van der Waals surface area contributed by atoms with Crippen LogP contribution in [0.2, 0.25) is 5.02 Å². The van der Waals surface area contributed by atoms with Crippen molar-refractivity contribution in [1.82, 2.24) is 3.71 Å². The molecule has 1 aromatic rings. The van der Waals surface area contributed by atoms with Gasteiger partial charge in [-0.25, -0.2) is 8.42 Å². The van der Waals surface area contributed by atoms with Gasteiger partial charge in [-0.05, 0) is 125 Å². The molecule has 8 bridgehead atoms. The summed E-state index contributed by atoms with van der Waals surface area (Å²) in [6.45, 7) is 0.799. The minimum Gasteiger partial charge on any atom is -0.491 e. The number of nitrogens with zero attached hydrogens (tertiary/aromatic N) is 1. The molecule has 192 valence electrons. The van der Waals surface area contributed by atoms with Gasteiger partial charge in [0.1, 0.15) is 34.3 Å². The third-order valence-corrected chi connectivity index (χ3v) is 15.2. The average molecular weight is 536 g/mol. The highest BCUT2D eigenvalue weighted by Crippen LogP contribution is 2.61. The molecule has 0 spiro atoms. The summed E-state index contributed by atoms with van der Waals surface area (Å²) in [5, 5.41) is 0.587. The normalized spacial score (nSPS) is 44.6. The lowest BCUT2D eigenvalue weighted by molar-refractivity contribution is 0.0324. The van der Waals surface area contributed by atoms with Crippen LogP contribution in [0.4, 0.5) is 0 Å². The fraction of sp³-hybridized carbons (Fsp3) is 0.786. The lowest BCUT2D eigenvalue weighted by atomic mass is 9.56. The molecule has 0 aliphatic heterocycles. The SMILES string of the molecule is O=[S@@](N(CCOc1ccccc1Cl)[S@](=O)C12CC3CC(CC(C3)C1)C2)C12CC3CC(CC(C3)C1)C2. The summed E-state index contributed by atoms with van der Waals surface area (Å²) in [7, 11) is -2.50. The second-order valence-electron chi connectivity index (χ2n) is 13.0. The average Bonchev–Trinajstić information content (AvgIpc) is 2.80. The summed E-state index contributed by atoms with van der Waals surface area (Å²) in [6, 6.07) is 7.51. The number of hydrogen-bond acceptors (Lipinski definition) is 3. The number of ether oxygens (including phenoxy) is 1. The van der Waals surface area contributed by atoms with E-state index in [-0.39, 0.29) is 9.49 Å². The number of halogens is 1. The lowest BCUT2D eigenvalue weighted by Gasteiger charge is -2.58. The molecule has 9 rings (SSSR count). The van der Waals surface area contributed by atoms with Crippen LogP contribution in [-0.4, -0.2) is 34.8 Å². The minimum absolute atomic E-state index is 0.170. The second kappa shape index (κ2) is 8.81. The molecule has 35 heavy (non-hydrogen) atoms. The first-order valence-corrected chi connectivity index (χ1v) is 16.5. The molecule has 0 heterocycles. The third kappa shape index (κ3) is 4.08. The topological polar surface area (TPSA) is 46.6 Å². The number of benzene rings is 1. The predicted octanol–water partition coefficient (Wildman–Crippen LogP) is 6.29. The fourth-order valence-corrected chi connectivity index (χ4v) is 15.2. The van der Waals surface area contributed by atoms with E-state index in [1.807, 2.05) is 28.0 Å². The third-order valence-electron chi connectivity index (χ3n) is 10.4. The maximum atomic E-state index is 14.6. The van der Waals surface area contributed by atoms with Crippen LogP contribution >= 0.6 is 11.6 Å². The van der Waals surface area contributed by atoms with Crippen LogP contribution in [0.5, 0.6) is 5.75 Å². The van der Waals surface area contributed by atoms with Crippen LogP contribution in [0.25, 0.3) is 0 Å². The maximum Gasteiger partial charge on any atom is 0.137 e. The van der Waals surface area contributed by atoms with Crippen LogP contribution in [0.15, 0.2) is 24.3 Å². The van der Waals surface area contributed by atoms with E-state index in [2.05, 4.69) is 0 Å². The van der Waals surface area contributed by atoms with Crippen LogP contribution in [0, 0.1) is 35.5 Å². The molecule has 0 radical (unpaired) electrons. The van der Waals surface area contributed by atoms with Gasteiger partial charge in [-0.1, -0.05) is 23.7 Å². The molecule has 0 N–H and O–H groups in total. The first kappa shape index (κ1) is 23.7. The molecule has 8 aliphatic rings. The molecule has 0 amide bonds. The molecule has 8 saturated carbocycles. The van der Waals surface area contributed by atoms with Gasteiger partial charge in [0.15, 0.2) is 0 Å². The zero-order valence-electron chi connectivity index (χ0n) is 20.5. The number of hydrogen-bond donors (Lipinski definition) is 0. The summed E-state index contributed by atoms with van der Waals surface area (Å²) in [4.78, 5) is 0. The summed E-state index contributed by atoms with van der Waals surface area (Å²) in [6.07, 6.45) is 14.3. The zero-order chi connectivity index (χ0) is 23.8. The van der Waals surface area contributed by atoms with E-state index in [0.717, 1.165) is 74.0 Å². The molecule has 8 fully saturated rings. The standard InChI is InChI=1S/C28H38ClNO3S2/c29-25-3-1-2-4-26(25)33-6-5-30(34(31)27-13-19-7-20(14-27)9-21(8-19)15-27)35(32)28-16-22-10-23(17-28)12-24(11-22)18-28/h1-4,19-24H,5-18H2/t19?,20?,21?,22?,23?,24?,27?,28?,34-,35-/m1/s1. The predicted molar refractivity (Wildman–Crippen MR) is 142 cm³/mol. The van der Waals surface area contributed by atoms with Crippen LogP contribution in [-0.2, 0) is 22.0 Å². The monoisotopic (exact) mass is 535 g/mol. The summed E-state index contributed by atoms with van der Waals surface area (Å²) < 4.78 is 36.9. The number of para-hydroxylation sites is 1. The summed E-state index contributed by atoms with van der Waals surface area (Å²) in [5.74, 6) is 4.98. The Morgan fingerprint density at radius 2 is 1.14 bits per heavy atom. The molecule has 0 aromatic heterocycles. The molecule has 0 unspecified atom stereocenters. The first-order chi connectivity index (χ1) is 16.9. The van der Waals surface area contributed by atoms with Gasteiger partial charge in [-0.2, -0.15) is 0 Å². The fourth-order valence-electron chi connectivity index (χ4n) is 9.94. The molecular weight excluding hydrogens is 498 g/mol. The van der Waals surface area contributed by atoms with E-state index in [1.54, 1.807) is 0 Å². The van der Waals surface area contributed by atoms with Gasteiger partial charge in [0.2, 0.25) is 0 Å². The Balaban J connectivity index is 1.17. The Morgan fingerprint density at radius 1 is 0.743 bits per heavy atom. The largest absolute Gasteiger partial charge is 0.491 e. The van der Waals surface area contributed by atoms with Crippen molar-refractivity contribution in [2.24, 2.45) is 35.5 Å². The highest BCUT2D eigenvalue weighted by atomic mass is 35.5. The van der Waals surface area contributed by atoms with Gasteiger partial charge in [-0.3, -0.25) is 0 Å². The van der Waals surface area contributed by atoms with Gasteiger partial charge in [0, 0.05) is 0 Å². The van der Waals surface area contributed by atoms with Crippen LogP contribution in [0.1, 0.15) is 77.0 Å². The lowest BCUT2D eigenvalue weighted by Crippen LogP contribution is -2.60.